The standard InChI is InChI=1S/C17H16N2O3S2/c20-17(18-11-10-13-6-2-1-3-7-13)19-24(21,22)16-12-14-8-4-5-9-15(14)23-16/h1-9,12H,10-11H2,(H2,18,19,20). The molecule has 2 N–H and O–H groups in total. The van der Waals surface area contributed by atoms with Crippen molar-refractivity contribution in [3.63, 3.8) is 0 Å². The third-order valence-corrected chi connectivity index (χ3v) is 6.36. The molecule has 3 rings (SSSR count). The van der Waals surface area contributed by atoms with Crippen molar-refractivity contribution in [3.8, 4) is 0 Å². The number of urea groups is 1. The minimum Gasteiger partial charge on any atom is -0.337 e. The second-order valence-electron chi connectivity index (χ2n) is 5.20. The van der Waals surface area contributed by atoms with Crippen LogP contribution in [0.3, 0.4) is 0 Å². The van der Waals surface area contributed by atoms with Gasteiger partial charge in [-0.3, -0.25) is 0 Å². The second kappa shape index (κ2) is 7.02. The number of rotatable bonds is 5. The Balaban J connectivity index is 1.60. The van der Waals surface area contributed by atoms with Crippen LogP contribution < -0.4 is 10.0 Å². The van der Waals surface area contributed by atoms with Gasteiger partial charge < -0.3 is 5.32 Å². The van der Waals surface area contributed by atoms with Crippen LogP contribution in [0.5, 0.6) is 0 Å². The van der Waals surface area contributed by atoms with E-state index in [1.165, 1.54) is 0 Å². The molecule has 0 atom stereocenters. The molecule has 0 bridgehead atoms. The highest BCUT2D eigenvalue weighted by atomic mass is 32.2. The van der Waals surface area contributed by atoms with Gasteiger partial charge in [0, 0.05) is 11.2 Å². The van der Waals surface area contributed by atoms with E-state index < -0.39 is 16.1 Å². The third kappa shape index (κ3) is 3.93. The van der Waals surface area contributed by atoms with Gasteiger partial charge in [-0.05, 0) is 29.5 Å². The SMILES string of the molecule is O=C(NCCc1ccccc1)NS(=O)(=O)c1cc2ccccc2s1. The molecule has 7 heteroatoms. The van der Waals surface area contributed by atoms with E-state index in [-0.39, 0.29) is 4.21 Å². The summed E-state index contributed by atoms with van der Waals surface area (Å²) in [6.07, 6.45) is 0.636. The first-order chi connectivity index (χ1) is 11.5. The van der Waals surface area contributed by atoms with Crippen molar-refractivity contribution in [2.75, 3.05) is 6.54 Å². The molecule has 0 aliphatic rings. The number of nitrogens with one attached hydrogen (secondary N) is 2. The van der Waals surface area contributed by atoms with Crippen molar-refractivity contribution in [2.45, 2.75) is 10.6 Å². The number of carbonyl (C=O) groups is 1. The van der Waals surface area contributed by atoms with Crippen LogP contribution in [-0.4, -0.2) is 21.0 Å². The number of carbonyl (C=O) groups excluding carboxylic acids is 1. The maximum Gasteiger partial charge on any atom is 0.328 e. The van der Waals surface area contributed by atoms with Crippen molar-refractivity contribution < 1.29 is 13.2 Å². The van der Waals surface area contributed by atoms with Crippen LogP contribution in [0.1, 0.15) is 5.56 Å². The van der Waals surface area contributed by atoms with Gasteiger partial charge in [0.05, 0.1) is 0 Å². The van der Waals surface area contributed by atoms with Crippen LogP contribution in [0.25, 0.3) is 10.1 Å². The Hall–Kier alpha value is -2.38. The van der Waals surface area contributed by atoms with E-state index in [1.54, 1.807) is 6.07 Å². The van der Waals surface area contributed by atoms with Crippen molar-refractivity contribution in [1.29, 1.82) is 0 Å². The minimum absolute atomic E-state index is 0.127. The maximum absolute atomic E-state index is 12.3. The molecule has 5 nitrogen and oxygen atoms in total. The van der Waals surface area contributed by atoms with E-state index in [2.05, 4.69) is 10.0 Å². The lowest BCUT2D eigenvalue weighted by atomic mass is 10.1. The first-order valence-electron chi connectivity index (χ1n) is 7.38. The normalized spacial score (nSPS) is 11.3. The summed E-state index contributed by atoms with van der Waals surface area (Å²) in [4.78, 5) is 11.8. The fraction of sp³-hybridized carbons (Fsp3) is 0.118. The van der Waals surface area contributed by atoms with Gasteiger partial charge in [-0.25, -0.2) is 17.9 Å². The summed E-state index contributed by atoms with van der Waals surface area (Å²) in [6, 6.07) is 17.9. The first-order valence-corrected chi connectivity index (χ1v) is 9.68. The Morgan fingerprint density at radius 2 is 1.71 bits per heavy atom. The molecule has 0 saturated carbocycles. The first kappa shape index (κ1) is 16.5. The topological polar surface area (TPSA) is 75.3 Å². The molecule has 0 spiro atoms. The molecular weight excluding hydrogens is 344 g/mol. The van der Waals surface area contributed by atoms with E-state index in [9.17, 15) is 13.2 Å². The Morgan fingerprint density at radius 3 is 2.46 bits per heavy atom. The summed E-state index contributed by atoms with van der Waals surface area (Å²) in [6.45, 7) is 0.359. The molecule has 3 aromatic rings. The molecular formula is C17H16N2O3S2. The zero-order valence-corrected chi connectivity index (χ0v) is 14.4. The van der Waals surface area contributed by atoms with Crippen molar-refractivity contribution in [3.05, 3.63) is 66.2 Å². The highest BCUT2D eigenvalue weighted by Crippen LogP contribution is 2.28. The number of hydrogen-bond donors (Lipinski definition) is 2. The molecule has 124 valence electrons. The number of benzene rings is 2. The third-order valence-electron chi connectivity index (χ3n) is 3.44. The maximum atomic E-state index is 12.3. The van der Waals surface area contributed by atoms with Crippen LogP contribution in [0, 0.1) is 0 Å². The van der Waals surface area contributed by atoms with Crippen LogP contribution >= 0.6 is 11.3 Å². The summed E-state index contributed by atoms with van der Waals surface area (Å²) in [5.74, 6) is 0. The zero-order chi connectivity index (χ0) is 17.0. The number of hydrogen-bond acceptors (Lipinski definition) is 4. The number of amides is 2. The lowest BCUT2D eigenvalue weighted by Crippen LogP contribution is -2.39. The summed E-state index contributed by atoms with van der Waals surface area (Å²) in [5.41, 5.74) is 1.07. The number of fused-ring (bicyclic) bond motifs is 1. The quantitative estimate of drug-likeness (QED) is 0.734. The van der Waals surface area contributed by atoms with Gasteiger partial charge in [0.2, 0.25) is 0 Å². The number of sulfonamides is 1. The molecule has 0 aliphatic carbocycles. The Kier molecular flexibility index (Phi) is 4.82. The largest absolute Gasteiger partial charge is 0.337 e. The Bertz CT molecular complexity index is 917. The van der Waals surface area contributed by atoms with Crippen LogP contribution in [-0.2, 0) is 16.4 Å². The van der Waals surface area contributed by atoms with E-state index in [4.69, 9.17) is 0 Å². The predicted molar refractivity (Wildman–Crippen MR) is 95.7 cm³/mol. The van der Waals surface area contributed by atoms with E-state index in [1.807, 2.05) is 54.6 Å². The fourth-order valence-electron chi connectivity index (χ4n) is 2.26. The highest BCUT2D eigenvalue weighted by Gasteiger charge is 2.20. The summed E-state index contributed by atoms with van der Waals surface area (Å²) >= 11 is 1.14. The van der Waals surface area contributed by atoms with Crippen LogP contribution in [0.2, 0.25) is 0 Å². The lowest BCUT2D eigenvalue weighted by molar-refractivity contribution is 0.246. The summed E-state index contributed by atoms with van der Waals surface area (Å²) in [5, 5.41) is 3.41. The molecule has 0 fully saturated rings. The minimum atomic E-state index is -3.86. The highest BCUT2D eigenvalue weighted by molar-refractivity contribution is 7.92. The number of thiophene rings is 1. The molecule has 1 heterocycles. The zero-order valence-electron chi connectivity index (χ0n) is 12.7. The second-order valence-corrected chi connectivity index (χ2v) is 8.19. The molecule has 0 aliphatic heterocycles. The smallest absolute Gasteiger partial charge is 0.328 e. The van der Waals surface area contributed by atoms with Gasteiger partial charge in [0.15, 0.2) is 0 Å². The van der Waals surface area contributed by atoms with Crippen molar-refractivity contribution in [2.24, 2.45) is 0 Å². The molecule has 0 radical (unpaired) electrons. The average molecular weight is 360 g/mol. The monoisotopic (exact) mass is 360 g/mol. The Labute approximate surface area is 144 Å². The van der Waals surface area contributed by atoms with Crippen LogP contribution in [0.4, 0.5) is 4.79 Å². The van der Waals surface area contributed by atoms with Gasteiger partial charge in [-0.2, -0.15) is 0 Å². The van der Waals surface area contributed by atoms with E-state index >= 15 is 0 Å². The van der Waals surface area contributed by atoms with Crippen LogP contribution in [0.15, 0.2) is 64.9 Å². The Morgan fingerprint density at radius 1 is 1.00 bits per heavy atom. The molecule has 24 heavy (non-hydrogen) atoms. The molecule has 2 aromatic carbocycles. The van der Waals surface area contributed by atoms with Gasteiger partial charge in [0.1, 0.15) is 4.21 Å². The molecule has 0 saturated heterocycles. The summed E-state index contributed by atoms with van der Waals surface area (Å²) < 4.78 is 27.6. The lowest BCUT2D eigenvalue weighted by Gasteiger charge is -2.07. The molecule has 1 aromatic heterocycles. The van der Waals surface area contributed by atoms with Gasteiger partial charge in [-0.15, -0.1) is 11.3 Å². The molecule has 0 unspecified atom stereocenters. The van der Waals surface area contributed by atoms with E-state index in [0.717, 1.165) is 27.0 Å². The molecule has 2 amide bonds. The van der Waals surface area contributed by atoms with Gasteiger partial charge in [0.25, 0.3) is 10.0 Å². The van der Waals surface area contributed by atoms with Gasteiger partial charge >= 0.3 is 6.03 Å². The fourth-order valence-corrected chi connectivity index (χ4v) is 4.59. The van der Waals surface area contributed by atoms with Crippen molar-refractivity contribution in [1.82, 2.24) is 10.0 Å². The summed E-state index contributed by atoms with van der Waals surface area (Å²) in [7, 11) is -3.86. The van der Waals surface area contributed by atoms with Crippen molar-refractivity contribution >= 4 is 37.5 Å². The van der Waals surface area contributed by atoms with E-state index in [0.29, 0.717) is 13.0 Å². The van der Waals surface area contributed by atoms with Gasteiger partial charge in [-0.1, -0.05) is 48.5 Å². The average Bonchev–Trinajstić information content (AvgIpc) is 3.00. The predicted octanol–water partition coefficient (Wildman–Crippen LogP) is 3.13.